The largest absolute Gasteiger partial charge is 0.461 e. The summed E-state index contributed by atoms with van der Waals surface area (Å²) in [5.41, 5.74) is 0.373. The lowest BCUT2D eigenvalue weighted by Crippen LogP contribution is -2.38. The molecular formula is C13H17ClFNO3. The molecule has 1 aromatic rings. The van der Waals surface area contributed by atoms with E-state index in [0.29, 0.717) is 18.7 Å². The monoisotopic (exact) mass is 289 g/mol. The fourth-order valence-electron chi connectivity index (χ4n) is 1.76. The quantitative estimate of drug-likeness (QED) is 0.792. The van der Waals surface area contributed by atoms with Gasteiger partial charge in [0.1, 0.15) is 12.4 Å². The molecule has 0 unspecified atom stereocenters. The molecule has 106 valence electrons. The van der Waals surface area contributed by atoms with Crippen LogP contribution in [0, 0.1) is 5.82 Å². The van der Waals surface area contributed by atoms with Crippen molar-refractivity contribution in [1.82, 2.24) is 4.90 Å². The molecule has 1 saturated heterocycles. The lowest BCUT2D eigenvalue weighted by atomic mass is 10.2. The summed E-state index contributed by atoms with van der Waals surface area (Å²) in [6.07, 6.45) is 0. The molecule has 1 aliphatic rings. The number of nitrogens with zero attached hydrogens (tertiary/aromatic N) is 1. The highest BCUT2D eigenvalue weighted by Gasteiger charge is 2.11. The maximum absolute atomic E-state index is 12.7. The topological polar surface area (TPSA) is 38.8 Å². The normalized spacial score (nSPS) is 15.6. The summed E-state index contributed by atoms with van der Waals surface area (Å²) in [5, 5.41) is 0. The Morgan fingerprint density at radius 2 is 1.89 bits per heavy atom. The number of morpholine rings is 1. The lowest BCUT2D eigenvalue weighted by Gasteiger charge is -2.26. The maximum atomic E-state index is 12.7. The van der Waals surface area contributed by atoms with Gasteiger partial charge in [0.15, 0.2) is 0 Å². The van der Waals surface area contributed by atoms with Crippen LogP contribution in [-0.4, -0.2) is 50.3 Å². The predicted molar refractivity (Wildman–Crippen MR) is 71.2 cm³/mol. The Labute approximate surface area is 117 Å². The predicted octanol–water partition coefficient (Wildman–Crippen LogP) is 1.74. The fraction of sp³-hybridized carbons (Fsp3) is 0.462. The van der Waals surface area contributed by atoms with Crippen LogP contribution in [-0.2, 0) is 9.47 Å². The van der Waals surface area contributed by atoms with E-state index in [1.54, 1.807) is 0 Å². The first-order chi connectivity index (χ1) is 8.75. The van der Waals surface area contributed by atoms with Gasteiger partial charge in [-0.05, 0) is 24.3 Å². The second-order valence-electron chi connectivity index (χ2n) is 4.10. The summed E-state index contributed by atoms with van der Waals surface area (Å²) in [4.78, 5) is 13.8. The zero-order chi connectivity index (χ0) is 12.8. The fourth-order valence-corrected chi connectivity index (χ4v) is 1.76. The number of carbonyl (C=O) groups is 1. The molecule has 0 atom stereocenters. The second-order valence-corrected chi connectivity index (χ2v) is 4.10. The molecule has 0 aromatic heterocycles. The van der Waals surface area contributed by atoms with Gasteiger partial charge in [-0.25, -0.2) is 9.18 Å². The minimum atomic E-state index is -0.414. The summed E-state index contributed by atoms with van der Waals surface area (Å²) in [5.74, 6) is -0.775. The third-order valence-electron chi connectivity index (χ3n) is 2.82. The Morgan fingerprint density at radius 1 is 1.26 bits per heavy atom. The van der Waals surface area contributed by atoms with Crippen LogP contribution in [0.1, 0.15) is 10.4 Å². The molecule has 0 amide bonds. The van der Waals surface area contributed by atoms with Crippen molar-refractivity contribution in [2.75, 3.05) is 39.5 Å². The van der Waals surface area contributed by atoms with Gasteiger partial charge >= 0.3 is 5.97 Å². The van der Waals surface area contributed by atoms with Crippen molar-refractivity contribution in [3.8, 4) is 0 Å². The van der Waals surface area contributed by atoms with Gasteiger partial charge < -0.3 is 9.47 Å². The summed E-state index contributed by atoms with van der Waals surface area (Å²) < 4.78 is 23.0. The molecule has 0 aliphatic carbocycles. The van der Waals surface area contributed by atoms with Crippen molar-refractivity contribution < 1.29 is 18.7 Å². The molecule has 0 radical (unpaired) electrons. The molecule has 0 spiro atoms. The molecule has 1 heterocycles. The Morgan fingerprint density at radius 3 is 2.53 bits per heavy atom. The summed E-state index contributed by atoms with van der Waals surface area (Å²) in [7, 11) is 0. The average Bonchev–Trinajstić information content (AvgIpc) is 2.40. The highest BCUT2D eigenvalue weighted by Crippen LogP contribution is 2.04. The van der Waals surface area contributed by atoms with Crippen LogP contribution in [0.2, 0.25) is 0 Å². The van der Waals surface area contributed by atoms with E-state index in [0.717, 1.165) is 26.3 Å². The zero-order valence-electron chi connectivity index (χ0n) is 10.5. The minimum absolute atomic E-state index is 0. The van der Waals surface area contributed by atoms with Gasteiger partial charge in [-0.3, -0.25) is 4.90 Å². The first-order valence-electron chi connectivity index (χ1n) is 5.98. The van der Waals surface area contributed by atoms with Gasteiger partial charge in [0.2, 0.25) is 0 Å². The van der Waals surface area contributed by atoms with Crippen LogP contribution < -0.4 is 0 Å². The average molecular weight is 290 g/mol. The van der Waals surface area contributed by atoms with Gasteiger partial charge in [-0.15, -0.1) is 12.4 Å². The molecule has 1 fully saturated rings. The molecule has 6 heteroatoms. The van der Waals surface area contributed by atoms with Crippen LogP contribution in [0.3, 0.4) is 0 Å². The van der Waals surface area contributed by atoms with E-state index in [1.807, 2.05) is 0 Å². The number of esters is 1. The Bertz CT molecular complexity index is 393. The van der Waals surface area contributed by atoms with Crippen molar-refractivity contribution in [3.05, 3.63) is 35.6 Å². The number of hydrogen-bond acceptors (Lipinski definition) is 4. The van der Waals surface area contributed by atoms with E-state index in [9.17, 15) is 9.18 Å². The van der Waals surface area contributed by atoms with Crippen LogP contribution in [0.4, 0.5) is 4.39 Å². The van der Waals surface area contributed by atoms with Crippen LogP contribution in [0.15, 0.2) is 24.3 Å². The number of carbonyl (C=O) groups excluding carboxylic acids is 1. The standard InChI is InChI=1S/C13H16FNO3.ClH/c14-12-3-1-11(2-4-12)13(16)18-10-7-15-5-8-17-9-6-15;/h1-4H,5-10H2;1H. The van der Waals surface area contributed by atoms with Gasteiger partial charge in [0.25, 0.3) is 0 Å². The Balaban J connectivity index is 0.00000180. The smallest absolute Gasteiger partial charge is 0.338 e. The Hall–Kier alpha value is -1.17. The van der Waals surface area contributed by atoms with Crippen LogP contribution in [0.5, 0.6) is 0 Å². The minimum Gasteiger partial charge on any atom is -0.461 e. The van der Waals surface area contributed by atoms with E-state index in [2.05, 4.69) is 4.90 Å². The van der Waals surface area contributed by atoms with E-state index in [-0.39, 0.29) is 18.2 Å². The third-order valence-corrected chi connectivity index (χ3v) is 2.82. The molecule has 0 N–H and O–H groups in total. The number of rotatable bonds is 4. The Kier molecular flexibility index (Phi) is 6.77. The van der Waals surface area contributed by atoms with Gasteiger partial charge in [-0.1, -0.05) is 0 Å². The number of benzene rings is 1. The molecule has 2 rings (SSSR count). The zero-order valence-corrected chi connectivity index (χ0v) is 11.3. The van der Waals surface area contributed by atoms with Crippen molar-refractivity contribution in [3.63, 3.8) is 0 Å². The van der Waals surface area contributed by atoms with E-state index < -0.39 is 5.97 Å². The second kappa shape index (κ2) is 8.09. The molecular weight excluding hydrogens is 273 g/mol. The van der Waals surface area contributed by atoms with E-state index >= 15 is 0 Å². The van der Waals surface area contributed by atoms with Crippen molar-refractivity contribution in [1.29, 1.82) is 0 Å². The van der Waals surface area contributed by atoms with E-state index in [1.165, 1.54) is 24.3 Å². The SMILES string of the molecule is Cl.O=C(OCCN1CCOCC1)c1ccc(F)cc1. The van der Waals surface area contributed by atoms with Gasteiger partial charge in [0.05, 0.1) is 18.8 Å². The number of ether oxygens (including phenoxy) is 2. The highest BCUT2D eigenvalue weighted by molar-refractivity contribution is 5.89. The van der Waals surface area contributed by atoms with Crippen LogP contribution in [0.25, 0.3) is 0 Å². The van der Waals surface area contributed by atoms with Gasteiger partial charge in [0, 0.05) is 19.6 Å². The highest BCUT2D eigenvalue weighted by atomic mass is 35.5. The lowest BCUT2D eigenvalue weighted by molar-refractivity contribution is 0.0195. The molecule has 19 heavy (non-hydrogen) atoms. The first kappa shape index (κ1) is 15.9. The molecule has 1 aliphatic heterocycles. The molecule has 0 saturated carbocycles. The van der Waals surface area contributed by atoms with Crippen molar-refractivity contribution in [2.24, 2.45) is 0 Å². The summed E-state index contributed by atoms with van der Waals surface area (Å²) in [6, 6.07) is 5.34. The molecule has 1 aromatic carbocycles. The summed E-state index contributed by atoms with van der Waals surface area (Å²) in [6.45, 7) is 4.24. The summed E-state index contributed by atoms with van der Waals surface area (Å²) >= 11 is 0. The molecule has 4 nitrogen and oxygen atoms in total. The first-order valence-corrected chi connectivity index (χ1v) is 5.98. The van der Waals surface area contributed by atoms with Gasteiger partial charge in [-0.2, -0.15) is 0 Å². The van der Waals surface area contributed by atoms with Crippen LogP contribution >= 0.6 is 12.4 Å². The van der Waals surface area contributed by atoms with Crippen molar-refractivity contribution >= 4 is 18.4 Å². The van der Waals surface area contributed by atoms with E-state index in [4.69, 9.17) is 9.47 Å². The molecule has 0 bridgehead atoms. The third kappa shape index (κ3) is 5.14. The number of hydrogen-bond donors (Lipinski definition) is 0. The number of halogens is 2. The maximum Gasteiger partial charge on any atom is 0.338 e. The van der Waals surface area contributed by atoms with Crippen molar-refractivity contribution in [2.45, 2.75) is 0 Å².